The molecule has 2 fully saturated rings. The third-order valence-electron chi connectivity index (χ3n) is 7.94. The second-order valence-corrected chi connectivity index (χ2v) is 10.7. The van der Waals surface area contributed by atoms with Crippen molar-refractivity contribution in [1.29, 1.82) is 0 Å². The van der Waals surface area contributed by atoms with Crippen molar-refractivity contribution < 1.29 is 23.2 Å². The minimum absolute atomic E-state index is 0.00463. The van der Waals surface area contributed by atoms with Crippen molar-refractivity contribution in [3.63, 3.8) is 0 Å². The molecule has 1 atom stereocenters. The first-order chi connectivity index (χ1) is 18.9. The van der Waals surface area contributed by atoms with E-state index in [1.165, 1.54) is 12.1 Å². The first kappa shape index (κ1) is 26.0. The highest BCUT2D eigenvalue weighted by Crippen LogP contribution is 2.40. The normalized spacial score (nSPS) is 22.1. The van der Waals surface area contributed by atoms with Gasteiger partial charge in [-0.1, -0.05) is 22.8 Å². The number of rotatable bonds is 5. The standard InChI is InChI=1S/C29H30ClFN4O4/c1-16-28(17(2)39-33-16)18-4-11-25-24(12-18)32-29(35(25)19-5-8-21(37-3)9-6-19)26-14-38-15-27(36)34(26)20-7-10-22(30)23(31)13-20/h4,7,10-13,19,21,26H,5-6,8-9,14-15H2,1-3H3/t19-,21-,26-/m0/s1. The first-order valence-corrected chi connectivity index (χ1v) is 13.6. The number of ether oxygens (including phenoxy) is 2. The van der Waals surface area contributed by atoms with Crippen molar-refractivity contribution >= 4 is 34.2 Å². The third kappa shape index (κ3) is 4.62. The number of halogens is 2. The summed E-state index contributed by atoms with van der Waals surface area (Å²) in [5.41, 5.74) is 4.92. The van der Waals surface area contributed by atoms with Crippen LogP contribution in [0.4, 0.5) is 10.1 Å². The van der Waals surface area contributed by atoms with Crippen LogP contribution in [0.25, 0.3) is 22.2 Å². The van der Waals surface area contributed by atoms with Crippen molar-refractivity contribution in [2.75, 3.05) is 25.2 Å². The van der Waals surface area contributed by atoms with Crippen LogP contribution in [0, 0.1) is 19.7 Å². The number of hydrogen-bond acceptors (Lipinski definition) is 6. The van der Waals surface area contributed by atoms with Crippen LogP contribution in [0.2, 0.25) is 5.02 Å². The molecule has 0 radical (unpaired) electrons. The maximum atomic E-state index is 14.5. The summed E-state index contributed by atoms with van der Waals surface area (Å²) in [6, 6.07) is 10.2. The van der Waals surface area contributed by atoms with Gasteiger partial charge in [0.15, 0.2) is 0 Å². The summed E-state index contributed by atoms with van der Waals surface area (Å²) in [5, 5.41) is 4.11. The summed E-state index contributed by atoms with van der Waals surface area (Å²) in [7, 11) is 1.76. The van der Waals surface area contributed by atoms with Gasteiger partial charge in [0.2, 0.25) is 0 Å². The molecule has 204 valence electrons. The molecule has 0 spiro atoms. The second-order valence-electron chi connectivity index (χ2n) is 10.3. The molecule has 0 unspecified atom stereocenters. The van der Waals surface area contributed by atoms with Gasteiger partial charge < -0.3 is 18.6 Å². The van der Waals surface area contributed by atoms with Crippen LogP contribution < -0.4 is 4.90 Å². The van der Waals surface area contributed by atoms with Gasteiger partial charge in [0, 0.05) is 24.4 Å². The zero-order valence-electron chi connectivity index (χ0n) is 22.1. The van der Waals surface area contributed by atoms with E-state index >= 15 is 0 Å². The molecule has 1 saturated carbocycles. The summed E-state index contributed by atoms with van der Waals surface area (Å²) in [5.74, 6) is 0.616. The van der Waals surface area contributed by atoms with Crippen molar-refractivity contribution in [2.24, 2.45) is 0 Å². The molecule has 3 heterocycles. The largest absolute Gasteiger partial charge is 0.381 e. The summed E-state index contributed by atoms with van der Waals surface area (Å²) in [6.45, 7) is 3.97. The monoisotopic (exact) mass is 552 g/mol. The summed E-state index contributed by atoms with van der Waals surface area (Å²) in [4.78, 5) is 19.9. The zero-order valence-corrected chi connectivity index (χ0v) is 22.9. The van der Waals surface area contributed by atoms with E-state index in [4.69, 9.17) is 30.6 Å². The molecule has 10 heteroatoms. The van der Waals surface area contributed by atoms with Crippen LogP contribution in [0.1, 0.15) is 55.0 Å². The summed E-state index contributed by atoms with van der Waals surface area (Å²) in [6.07, 6.45) is 3.94. The summed E-state index contributed by atoms with van der Waals surface area (Å²) < 4.78 is 33.5. The predicted molar refractivity (Wildman–Crippen MR) is 145 cm³/mol. The second kappa shape index (κ2) is 10.4. The van der Waals surface area contributed by atoms with E-state index in [-0.39, 0.29) is 36.3 Å². The van der Waals surface area contributed by atoms with Gasteiger partial charge in [0.05, 0.1) is 34.5 Å². The number of benzene rings is 2. The van der Waals surface area contributed by atoms with Gasteiger partial charge in [-0.05, 0) is 75.4 Å². The minimum atomic E-state index is -0.581. The smallest absolute Gasteiger partial charge is 0.253 e. The van der Waals surface area contributed by atoms with Crippen molar-refractivity contribution in [2.45, 2.75) is 57.7 Å². The van der Waals surface area contributed by atoms with Gasteiger partial charge in [0.25, 0.3) is 5.91 Å². The number of aryl methyl sites for hydroxylation is 2. The lowest BCUT2D eigenvalue weighted by molar-refractivity contribution is -0.127. The number of morpholine rings is 1. The van der Waals surface area contributed by atoms with Gasteiger partial charge >= 0.3 is 0 Å². The molecule has 2 aromatic carbocycles. The minimum Gasteiger partial charge on any atom is -0.381 e. The number of fused-ring (bicyclic) bond motifs is 1. The molecule has 8 nitrogen and oxygen atoms in total. The highest BCUT2D eigenvalue weighted by Gasteiger charge is 2.37. The lowest BCUT2D eigenvalue weighted by Gasteiger charge is -2.37. The molecule has 4 aromatic rings. The summed E-state index contributed by atoms with van der Waals surface area (Å²) >= 11 is 5.95. The van der Waals surface area contributed by atoms with Crippen molar-refractivity contribution in [3.8, 4) is 11.1 Å². The first-order valence-electron chi connectivity index (χ1n) is 13.2. The van der Waals surface area contributed by atoms with Crippen LogP contribution in [0.5, 0.6) is 0 Å². The Kier molecular flexibility index (Phi) is 6.91. The van der Waals surface area contributed by atoms with E-state index in [0.29, 0.717) is 11.5 Å². The van der Waals surface area contributed by atoms with E-state index in [9.17, 15) is 9.18 Å². The fourth-order valence-corrected chi connectivity index (χ4v) is 6.17. The van der Waals surface area contributed by atoms with E-state index < -0.39 is 11.9 Å². The average molecular weight is 553 g/mol. The molecular weight excluding hydrogens is 523 g/mol. The number of aromatic nitrogens is 3. The number of imidazole rings is 1. The van der Waals surface area contributed by atoms with Gasteiger partial charge in [-0.15, -0.1) is 0 Å². The number of amides is 1. The lowest BCUT2D eigenvalue weighted by atomic mass is 9.92. The van der Waals surface area contributed by atoms with E-state index in [2.05, 4.69) is 21.9 Å². The Bertz CT molecular complexity index is 1520. The van der Waals surface area contributed by atoms with Crippen LogP contribution in [-0.4, -0.2) is 47.0 Å². The Morgan fingerprint density at radius 2 is 1.90 bits per heavy atom. The maximum Gasteiger partial charge on any atom is 0.253 e. The number of carbonyl (C=O) groups is 1. The van der Waals surface area contributed by atoms with Crippen molar-refractivity contribution in [3.05, 3.63) is 64.5 Å². The molecule has 1 aliphatic carbocycles. The third-order valence-corrected chi connectivity index (χ3v) is 8.25. The highest BCUT2D eigenvalue weighted by atomic mass is 35.5. The number of methoxy groups -OCH3 is 1. The number of anilines is 1. The van der Waals surface area contributed by atoms with Crippen LogP contribution >= 0.6 is 11.6 Å². The van der Waals surface area contributed by atoms with Crippen LogP contribution in [-0.2, 0) is 14.3 Å². The van der Waals surface area contributed by atoms with Crippen molar-refractivity contribution in [1.82, 2.24) is 14.7 Å². The number of carbonyl (C=O) groups excluding carboxylic acids is 1. The molecule has 1 amide bonds. The van der Waals surface area contributed by atoms with E-state index in [1.807, 2.05) is 19.9 Å². The molecule has 2 aliphatic rings. The molecule has 6 rings (SSSR count). The highest BCUT2D eigenvalue weighted by molar-refractivity contribution is 6.30. The van der Waals surface area contributed by atoms with Gasteiger partial charge in [-0.2, -0.15) is 0 Å². The Morgan fingerprint density at radius 3 is 2.59 bits per heavy atom. The number of nitrogens with zero attached hydrogens (tertiary/aromatic N) is 4. The van der Waals surface area contributed by atoms with Crippen LogP contribution in [0.15, 0.2) is 40.9 Å². The molecular formula is C29H30ClFN4O4. The quantitative estimate of drug-likeness (QED) is 0.287. The topological polar surface area (TPSA) is 82.6 Å². The Morgan fingerprint density at radius 1 is 1.10 bits per heavy atom. The van der Waals surface area contributed by atoms with E-state index in [1.54, 1.807) is 18.1 Å². The fourth-order valence-electron chi connectivity index (χ4n) is 6.05. The molecule has 39 heavy (non-hydrogen) atoms. The molecule has 1 aliphatic heterocycles. The number of hydrogen-bond donors (Lipinski definition) is 0. The average Bonchev–Trinajstić information content (AvgIpc) is 3.48. The SMILES string of the molecule is CO[C@H]1CC[C@H](n2c([C@@H]3COCC(=O)N3c3ccc(Cl)c(F)c3)nc3cc(-c4c(C)noc4C)ccc32)CC1. The molecule has 0 N–H and O–H groups in total. The predicted octanol–water partition coefficient (Wildman–Crippen LogP) is 6.34. The van der Waals surface area contributed by atoms with E-state index in [0.717, 1.165) is 59.3 Å². The molecule has 1 saturated heterocycles. The van der Waals surface area contributed by atoms with Gasteiger partial charge in [0.1, 0.15) is 30.1 Å². The Labute approximate surface area is 230 Å². The lowest BCUT2D eigenvalue weighted by Crippen LogP contribution is -2.45. The zero-order chi connectivity index (χ0) is 27.3. The molecule has 0 bridgehead atoms. The van der Waals surface area contributed by atoms with Gasteiger partial charge in [-0.25, -0.2) is 9.37 Å². The Hall–Kier alpha value is -3.27. The van der Waals surface area contributed by atoms with Crippen LogP contribution in [0.3, 0.4) is 0 Å². The molecule has 2 aromatic heterocycles. The fraction of sp³-hybridized carbons (Fsp3) is 0.414. The maximum absolute atomic E-state index is 14.5. The van der Waals surface area contributed by atoms with Gasteiger partial charge in [-0.3, -0.25) is 9.69 Å². The Balaban J connectivity index is 1.50.